The van der Waals surface area contributed by atoms with Gasteiger partial charge in [0.1, 0.15) is 6.61 Å². The second kappa shape index (κ2) is 6.37. The highest BCUT2D eigenvalue weighted by Crippen LogP contribution is 2.07. The SMILES string of the molecule is O=C(N[C@@H]1CCN[C@@H]1CO)OCc1ccccc1. The molecule has 5 nitrogen and oxygen atoms in total. The zero-order chi connectivity index (χ0) is 12.8. The number of carbonyl (C=O) groups is 1. The molecule has 0 aliphatic carbocycles. The molecule has 98 valence electrons. The standard InChI is InChI=1S/C13H18N2O3/c16-8-12-11(6-7-14-12)15-13(17)18-9-10-4-2-1-3-5-10/h1-5,11-12,14,16H,6-9H2,(H,15,17)/t11-,12-/m1/s1. The van der Waals surface area contributed by atoms with Gasteiger partial charge in [0.15, 0.2) is 0 Å². The molecule has 1 aliphatic rings. The Morgan fingerprint density at radius 1 is 1.44 bits per heavy atom. The molecule has 0 bridgehead atoms. The summed E-state index contributed by atoms with van der Waals surface area (Å²) >= 11 is 0. The third-order valence-corrected chi connectivity index (χ3v) is 3.06. The Bertz CT molecular complexity index is 383. The fourth-order valence-corrected chi connectivity index (χ4v) is 2.05. The first-order valence-corrected chi connectivity index (χ1v) is 6.11. The average Bonchev–Trinajstić information content (AvgIpc) is 2.85. The van der Waals surface area contributed by atoms with Crippen LogP contribution in [0, 0.1) is 0 Å². The number of amides is 1. The van der Waals surface area contributed by atoms with Crippen molar-refractivity contribution >= 4 is 6.09 Å². The molecule has 1 heterocycles. The van der Waals surface area contributed by atoms with Gasteiger partial charge in [-0.25, -0.2) is 4.79 Å². The van der Waals surface area contributed by atoms with E-state index in [0.717, 1.165) is 18.5 Å². The Morgan fingerprint density at radius 3 is 2.94 bits per heavy atom. The summed E-state index contributed by atoms with van der Waals surface area (Å²) in [5, 5.41) is 15.0. The second-order valence-electron chi connectivity index (χ2n) is 4.34. The average molecular weight is 250 g/mol. The summed E-state index contributed by atoms with van der Waals surface area (Å²) in [7, 11) is 0. The monoisotopic (exact) mass is 250 g/mol. The van der Waals surface area contributed by atoms with Crippen LogP contribution in [0.4, 0.5) is 4.79 Å². The van der Waals surface area contributed by atoms with E-state index >= 15 is 0 Å². The van der Waals surface area contributed by atoms with Gasteiger partial charge in [-0.15, -0.1) is 0 Å². The lowest BCUT2D eigenvalue weighted by Gasteiger charge is -2.18. The lowest BCUT2D eigenvalue weighted by Crippen LogP contribution is -2.45. The van der Waals surface area contributed by atoms with Crippen molar-refractivity contribution in [1.82, 2.24) is 10.6 Å². The minimum atomic E-state index is -0.439. The smallest absolute Gasteiger partial charge is 0.407 e. The number of rotatable bonds is 4. The highest BCUT2D eigenvalue weighted by Gasteiger charge is 2.27. The predicted octanol–water partition coefficient (Wildman–Crippen LogP) is 0.636. The zero-order valence-electron chi connectivity index (χ0n) is 10.1. The van der Waals surface area contributed by atoms with Crippen LogP contribution < -0.4 is 10.6 Å². The first-order chi connectivity index (χ1) is 8.79. The van der Waals surface area contributed by atoms with Gasteiger partial charge in [0.25, 0.3) is 0 Å². The van der Waals surface area contributed by atoms with Gasteiger partial charge in [-0.1, -0.05) is 30.3 Å². The van der Waals surface area contributed by atoms with Gasteiger partial charge in [-0.05, 0) is 18.5 Å². The topological polar surface area (TPSA) is 70.6 Å². The van der Waals surface area contributed by atoms with Crippen LogP contribution in [0.3, 0.4) is 0 Å². The minimum Gasteiger partial charge on any atom is -0.445 e. The predicted molar refractivity (Wildman–Crippen MR) is 67.0 cm³/mol. The van der Waals surface area contributed by atoms with Gasteiger partial charge in [-0.3, -0.25) is 0 Å². The molecule has 0 spiro atoms. The molecule has 1 saturated heterocycles. The third kappa shape index (κ3) is 3.45. The van der Waals surface area contributed by atoms with Crippen molar-refractivity contribution in [3.8, 4) is 0 Å². The molecule has 1 fully saturated rings. The van der Waals surface area contributed by atoms with E-state index in [1.165, 1.54) is 0 Å². The van der Waals surface area contributed by atoms with E-state index < -0.39 is 6.09 Å². The number of hydrogen-bond donors (Lipinski definition) is 3. The number of ether oxygens (including phenoxy) is 1. The molecular weight excluding hydrogens is 232 g/mol. The van der Waals surface area contributed by atoms with E-state index in [2.05, 4.69) is 10.6 Å². The molecule has 5 heteroatoms. The van der Waals surface area contributed by atoms with Crippen molar-refractivity contribution in [3.63, 3.8) is 0 Å². The first-order valence-electron chi connectivity index (χ1n) is 6.11. The first kappa shape index (κ1) is 12.9. The summed E-state index contributed by atoms with van der Waals surface area (Å²) in [6, 6.07) is 9.40. The number of nitrogens with one attached hydrogen (secondary N) is 2. The van der Waals surface area contributed by atoms with Crippen LogP contribution in [-0.2, 0) is 11.3 Å². The van der Waals surface area contributed by atoms with Crippen molar-refractivity contribution < 1.29 is 14.6 Å². The van der Waals surface area contributed by atoms with Crippen molar-refractivity contribution in [3.05, 3.63) is 35.9 Å². The van der Waals surface area contributed by atoms with Crippen LogP contribution in [0.15, 0.2) is 30.3 Å². The van der Waals surface area contributed by atoms with Crippen molar-refractivity contribution in [1.29, 1.82) is 0 Å². The van der Waals surface area contributed by atoms with Gasteiger partial charge in [0.2, 0.25) is 0 Å². The Balaban J connectivity index is 1.75. The summed E-state index contributed by atoms with van der Waals surface area (Å²) in [6.07, 6.45) is 0.372. The maximum Gasteiger partial charge on any atom is 0.407 e. The van der Waals surface area contributed by atoms with E-state index in [0.29, 0.717) is 0 Å². The lowest BCUT2D eigenvalue weighted by molar-refractivity contribution is 0.132. The van der Waals surface area contributed by atoms with E-state index in [1.807, 2.05) is 30.3 Å². The molecule has 2 atom stereocenters. The largest absolute Gasteiger partial charge is 0.445 e. The molecule has 0 radical (unpaired) electrons. The van der Waals surface area contributed by atoms with Crippen LogP contribution >= 0.6 is 0 Å². The summed E-state index contributed by atoms with van der Waals surface area (Å²) in [5.74, 6) is 0. The van der Waals surface area contributed by atoms with Crippen LogP contribution in [-0.4, -0.2) is 36.4 Å². The molecule has 18 heavy (non-hydrogen) atoms. The summed E-state index contributed by atoms with van der Waals surface area (Å²) in [4.78, 5) is 11.6. The van der Waals surface area contributed by atoms with E-state index in [9.17, 15) is 4.79 Å². The fraction of sp³-hybridized carbons (Fsp3) is 0.462. The van der Waals surface area contributed by atoms with E-state index in [4.69, 9.17) is 9.84 Å². The number of alkyl carbamates (subject to hydrolysis) is 1. The number of benzene rings is 1. The maximum atomic E-state index is 11.6. The molecule has 1 aromatic rings. The molecule has 3 N–H and O–H groups in total. The van der Waals surface area contributed by atoms with Gasteiger partial charge in [0, 0.05) is 0 Å². The van der Waals surface area contributed by atoms with Gasteiger partial charge in [-0.2, -0.15) is 0 Å². The Kier molecular flexibility index (Phi) is 4.55. The summed E-state index contributed by atoms with van der Waals surface area (Å²) in [6.45, 7) is 1.08. The van der Waals surface area contributed by atoms with Gasteiger partial charge < -0.3 is 20.5 Å². The highest BCUT2D eigenvalue weighted by atomic mass is 16.5. The summed E-state index contributed by atoms with van der Waals surface area (Å²) < 4.78 is 5.12. The Labute approximate surface area is 106 Å². The van der Waals surface area contributed by atoms with E-state index in [1.54, 1.807) is 0 Å². The molecular formula is C13H18N2O3. The molecule has 0 aromatic heterocycles. The van der Waals surface area contributed by atoms with Crippen LogP contribution in [0.2, 0.25) is 0 Å². The van der Waals surface area contributed by atoms with Gasteiger partial charge in [0.05, 0.1) is 18.7 Å². The molecule has 0 saturated carbocycles. The quantitative estimate of drug-likeness (QED) is 0.733. The Morgan fingerprint density at radius 2 is 2.22 bits per heavy atom. The number of aliphatic hydroxyl groups is 1. The Hall–Kier alpha value is -1.59. The van der Waals surface area contributed by atoms with Crippen molar-refractivity contribution in [2.45, 2.75) is 25.1 Å². The second-order valence-corrected chi connectivity index (χ2v) is 4.34. The normalized spacial score (nSPS) is 22.7. The molecule has 1 aromatic carbocycles. The van der Waals surface area contributed by atoms with E-state index in [-0.39, 0.29) is 25.3 Å². The number of hydrogen-bond acceptors (Lipinski definition) is 4. The number of carbonyl (C=O) groups excluding carboxylic acids is 1. The molecule has 0 unspecified atom stereocenters. The maximum absolute atomic E-state index is 11.6. The van der Waals surface area contributed by atoms with Crippen molar-refractivity contribution in [2.24, 2.45) is 0 Å². The minimum absolute atomic E-state index is 0.0175. The van der Waals surface area contributed by atoms with Crippen LogP contribution in [0.5, 0.6) is 0 Å². The summed E-state index contributed by atoms with van der Waals surface area (Å²) in [5.41, 5.74) is 0.955. The zero-order valence-corrected chi connectivity index (χ0v) is 10.1. The lowest BCUT2D eigenvalue weighted by atomic mass is 10.1. The molecule has 2 rings (SSSR count). The van der Waals surface area contributed by atoms with Gasteiger partial charge >= 0.3 is 6.09 Å². The van der Waals surface area contributed by atoms with Crippen LogP contribution in [0.1, 0.15) is 12.0 Å². The fourth-order valence-electron chi connectivity index (χ4n) is 2.05. The van der Waals surface area contributed by atoms with Crippen LogP contribution in [0.25, 0.3) is 0 Å². The van der Waals surface area contributed by atoms with Crippen molar-refractivity contribution in [2.75, 3.05) is 13.2 Å². The number of aliphatic hydroxyl groups excluding tert-OH is 1. The molecule has 1 amide bonds. The highest BCUT2D eigenvalue weighted by molar-refractivity contribution is 5.67. The third-order valence-electron chi connectivity index (χ3n) is 3.06. The molecule has 1 aliphatic heterocycles.